The number of hydrogen-bond acceptors (Lipinski definition) is 6. The maximum absolute atomic E-state index is 12.2. The minimum Gasteiger partial charge on any atom is -0.484 e. The van der Waals surface area contributed by atoms with E-state index in [1.54, 1.807) is 23.3 Å². The third-order valence-corrected chi connectivity index (χ3v) is 5.75. The van der Waals surface area contributed by atoms with Gasteiger partial charge < -0.3 is 15.4 Å². The Morgan fingerprint density at radius 3 is 2.82 bits per heavy atom. The first-order chi connectivity index (χ1) is 13.3. The molecule has 0 saturated carbocycles. The van der Waals surface area contributed by atoms with Crippen LogP contribution in [0.15, 0.2) is 30.5 Å². The molecule has 1 aliphatic heterocycles. The van der Waals surface area contributed by atoms with Crippen LogP contribution in [0.25, 0.3) is 0 Å². The van der Waals surface area contributed by atoms with E-state index in [-0.39, 0.29) is 29.7 Å². The number of hydroxylamine groups is 2. The Morgan fingerprint density at radius 1 is 1.39 bits per heavy atom. The van der Waals surface area contributed by atoms with Crippen molar-refractivity contribution in [3.05, 3.63) is 40.5 Å². The van der Waals surface area contributed by atoms with Crippen molar-refractivity contribution in [3.63, 3.8) is 0 Å². The van der Waals surface area contributed by atoms with Gasteiger partial charge in [0, 0.05) is 49.9 Å². The Bertz CT molecular complexity index is 735. The van der Waals surface area contributed by atoms with E-state index in [0.717, 1.165) is 12.0 Å². The molecule has 1 fully saturated rings. The first kappa shape index (κ1) is 22.8. The van der Waals surface area contributed by atoms with Crippen LogP contribution < -0.4 is 15.4 Å². The second-order valence-electron chi connectivity index (χ2n) is 6.35. The molecule has 2 rings (SSSR count). The lowest BCUT2D eigenvalue weighted by molar-refractivity contribution is -0.123. The summed E-state index contributed by atoms with van der Waals surface area (Å²) in [7, 11) is 1.83. The average molecular weight is 448 g/mol. The lowest BCUT2D eigenvalue weighted by Gasteiger charge is -2.32. The summed E-state index contributed by atoms with van der Waals surface area (Å²) in [4.78, 5) is 24.1. The number of hydrogen-bond donors (Lipinski definition) is 2. The third-order valence-electron chi connectivity index (χ3n) is 4.06. The van der Waals surface area contributed by atoms with Gasteiger partial charge in [-0.1, -0.05) is 29.8 Å². The van der Waals surface area contributed by atoms with Gasteiger partial charge in [0.2, 0.25) is 5.91 Å². The molecule has 154 valence electrons. The molecule has 0 bridgehead atoms. The highest BCUT2D eigenvalue weighted by molar-refractivity contribution is 7.96. The summed E-state index contributed by atoms with van der Waals surface area (Å²) in [5.41, 5.74) is 0.530. The molecule has 0 radical (unpaired) electrons. The number of rotatable bonds is 8. The molecule has 0 aromatic heterocycles. The average Bonchev–Trinajstić information content (AvgIpc) is 2.64. The number of benzene rings is 1. The lowest BCUT2D eigenvalue weighted by Crippen LogP contribution is -2.42. The van der Waals surface area contributed by atoms with Crippen LogP contribution in [0.4, 0.5) is 0 Å². The summed E-state index contributed by atoms with van der Waals surface area (Å²) in [6.45, 7) is 6.00. The zero-order valence-corrected chi connectivity index (χ0v) is 18.0. The highest BCUT2D eigenvalue weighted by Gasteiger charge is 2.30. The number of amides is 2. The Morgan fingerprint density at radius 2 is 2.14 bits per heavy atom. The van der Waals surface area contributed by atoms with Crippen molar-refractivity contribution in [1.29, 1.82) is 0 Å². The maximum atomic E-state index is 12.2. The van der Waals surface area contributed by atoms with E-state index < -0.39 is 0 Å². The van der Waals surface area contributed by atoms with Gasteiger partial charge in [-0.25, -0.2) is 4.28 Å². The molecule has 10 heteroatoms. The van der Waals surface area contributed by atoms with Crippen LogP contribution in [0.1, 0.15) is 19.8 Å². The SMILES string of the molecule is C=C(CCNC(=O)COc1ccc(Cl)c(Cl)c1)NC(=O)C1CC(C)N(C)OS1. The third kappa shape index (κ3) is 7.18. The van der Waals surface area contributed by atoms with E-state index in [9.17, 15) is 9.59 Å². The van der Waals surface area contributed by atoms with E-state index in [1.807, 2.05) is 14.0 Å². The molecule has 2 unspecified atom stereocenters. The van der Waals surface area contributed by atoms with Gasteiger partial charge in [0.05, 0.1) is 10.0 Å². The Hall–Kier alpha value is -1.45. The van der Waals surface area contributed by atoms with Crippen molar-refractivity contribution in [3.8, 4) is 5.75 Å². The van der Waals surface area contributed by atoms with E-state index >= 15 is 0 Å². The fourth-order valence-corrected chi connectivity index (χ4v) is 3.46. The number of halogens is 2. The highest BCUT2D eigenvalue weighted by atomic mass is 35.5. The summed E-state index contributed by atoms with van der Waals surface area (Å²) in [6.07, 6.45) is 1.10. The highest BCUT2D eigenvalue weighted by Crippen LogP contribution is 2.28. The molecule has 7 nitrogen and oxygen atoms in total. The van der Waals surface area contributed by atoms with Crippen molar-refractivity contribution >= 4 is 47.1 Å². The Labute approximate surface area is 178 Å². The minimum atomic E-state index is -0.294. The quantitative estimate of drug-likeness (QED) is 0.595. The number of ether oxygens (including phenoxy) is 1. The zero-order chi connectivity index (χ0) is 20.7. The van der Waals surface area contributed by atoms with Crippen molar-refractivity contribution in [1.82, 2.24) is 15.7 Å². The summed E-state index contributed by atoms with van der Waals surface area (Å²) >= 11 is 12.8. The summed E-state index contributed by atoms with van der Waals surface area (Å²) in [5.74, 6) is 0.0100. The summed E-state index contributed by atoms with van der Waals surface area (Å²) in [6, 6.07) is 4.92. The monoisotopic (exact) mass is 447 g/mol. The molecule has 1 saturated heterocycles. The van der Waals surface area contributed by atoms with Gasteiger partial charge in [0.1, 0.15) is 11.0 Å². The molecular formula is C18H23Cl2N3O4S. The first-order valence-corrected chi connectivity index (χ1v) is 10.2. The van der Waals surface area contributed by atoms with E-state index in [4.69, 9.17) is 32.2 Å². The van der Waals surface area contributed by atoms with E-state index in [2.05, 4.69) is 17.2 Å². The van der Waals surface area contributed by atoms with E-state index in [1.165, 1.54) is 0 Å². The van der Waals surface area contributed by atoms with Crippen LogP contribution in [0.2, 0.25) is 10.0 Å². The number of nitrogens with one attached hydrogen (secondary N) is 2. The molecule has 0 aliphatic carbocycles. The predicted octanol–water partition coefficient (Wildman–Crippen LogP) is 3.18. The molecule has 28 heavy (non-hydrogen) atoms. The normalized spacial score (nSPS) is 19.7. The van der Waals surface area contributed by atoms with Gasteiger partial charge in [-0.2, -0.15) is 5.06 Å². The van der Waals surface area contributed by atoms with Gasteiger partial charge >= 0.3 is 0 Å². The second-order valence-corrected chi connectivity index (χ2v) is 8.07. The van der Waals surface area contributed by atoms with Gasteiger partial charge in [-0.15, -0.1) is 0 Å². The molecule has 1 aromatic carbocycles. The molecule has 2 amide bonds. The smallest absolute Gasteiger partial charge is 0.257 e. The number of carbonyl (C=O) groups is 2. The predicted molar refractivity (Wildman–Crippen MR) is 111 cm³/mol. The molecule has 2 N–H and O–H groups in total. The fraction of sp³-hybridized carbons (Fsp3) is 0.444. The largest absolute Gasteiger partial charge is 0.484 e. The summed E-state index contributed by atoms with van der Waals surface area (Å²) < 4.78 is 10.7. The van der Waals surface area contributed by atoms with Crippen LogP contribution in [-0.4, -0.2) is 48.4 Å². The van der Waals surface area contributed by atoms with Crippen LogP contribution in [-0.2, 0) is 13.9 Å². The van der Waals surface area contributed by atoms with Gasteiger partial charge in [-0.3, -0.25) is 9.59 Å². The molecular weight excluding hydrogens is 425 g/mol. The van der Waals surface area contributed by atoms with Crippen LogP contribution in [0.5, 0.6) is 5.75 Å². The van der Waals surface area contributed by atoms with Crippen molar-refractivity contribution in [2.45, 2.75) is 31.1 Å². The maximum Gasteiger partial charge on any atom is 0.257 e. The Kier molecular flexibility index (Phi) is 8.91. The molecule has 1 aliphatic rings. The van der Waals surface area contributed by atoms with E-state index in [0.29, 0.717) is 40.9 Å². The topological polar surface area (TPSA) is 79.9 Å². The van der Waals surface area contributed by atoms with Gasteiger partial charge in [0.25, 0.3) is 5.91 Å². The zero-order valence-electron chi connectivity index (χ0n) is 15.7. The molecule has 1 heterocycles. The fourth-order valence-electron chi connectivity index (χ4n) is 2.28. The molecule has 1 aromatic rings. The van der Waals surface area contributed by atoms with Crippen LogP contribution >= 0.6 is 35.2 Å². The second kappa shape index (κ2) is 10.9. The first-order valence-electron chi connectivity index (χ1n) is 8.65. The number of carbonyl (C=O) groups excluding carboxylic acids is 2. The minimum absolute atomic E-state index is 0.149. The van der Waals surface area contributed by atoms with Crippen molar-refractivity contribution in [2.75, 3.05) is 20.2 Å². The van der Waals surface area contributed by atoms with Crippen molar-refractivity contribution < 1.29 is 18.6 Å². The van der Waals surface area contributed by atoms with Gasteiger partial charge in [0.15, 0.2) is 6.61 Å². The summed E-state index contributed by atoms with van der Waals surface area (Å²) in [5, 5.41) is 7.67. The van der Waals surface area contributed by atoms with Crippen LogP contribution in [0.3, 0.4) is 0 Å². The van der Waals surface area contributed by atoms with Crippen LogP contribution in [0, 0.1) is 0 Å². The van der Waals surface area contributed by atoms with Crippen molar-refractivity contribution in [2.24, 2.45) is 0 Å². The molecule has 0 spiro atoms. The standard InChI is InChI=1S/C18H23Cl2N3O4S/c1-11(22-18(25)16-8-12(2)23(3)27-28-16)6-7-21-17(24)10-26-13-4-5-14(19)15(20)9-13/h4-5,9,12,16H,1,6-8,10H2,2-3H3,(H,21,24)(H,22,25). The lowest BCUT2D eigenvalue weighted by atomic mass is 10.1. The Balaban J connectivity index is 1.63. The number of nitrogens with zero attached hydrogens (tertiary/aromatic N) is 1. The van der Waals surface area contributed by atoms with Gasteiger partial charge in [-0.05, 0) is 25.5 Å². The molecule has 2 atom stereocenters.